The predicted octanol–water partition coefficient (Wildman–Crippen LogP) is 3.04. The number of carbonyl (C=O) groups excluding carboxylic acids is 1. The molecule has 1 aliphatic heterocycles. The second-order valence-electron chi connectivity index (χ2n) is 8.28. The van der Waals surface area contributed by atoms with Gasteiger partial charge in [-0.2, -0.15) is 0 Å². The van der Waals surface area contributed by atoms with Gasteiger partial charge in [-0.3, -0.25) is 0 Å². The Bertz CT molecular complexity index is 705. The predicted molar refractivity (Wildman–Crippen MR) is 107 cm³/mol. The van der Waals surface area contributed by atoms with Gasteiger partial charge in [-0.25, -0.2) is 13.2 Å². The van der Waals surface area contributed by atoms with Crippen molar-refractivity contribution >= 4 is 15.9 Å². The number of likely N-dealkylation sites (tertiary alicyclic amines) is 1. The first-order valence-electron chi connectivity index (χ1n) is 9.51. The molecule has 0 spiro atoms. The fourth-order valence-corrected chi connectivity index (χ4v) is 4.50. The molecular formula is C20H32N2O4S. The number of sulfone groups is 1. The van der Waals surface area contributed by atoms with Crippen LogP contribution in [0.5, 0.6) is 0 Å². The van der Waals surface area contributed by atoms with Crippen molar-refractivity contribution in [2.75, 3.05) is 39.0 Å². The van der Waals surface area contributed by atoms with Crippen molar-refractivity contribution in [3.63, 3.8) is 0 Å². The maximum absolute atomic E-state index is 12.4. The van der Waals surface area contributed by atoms with Gasteiger partial charge >= 0.3 is 6.09 Å². The highest BCUT2D eigenvalue weighted by molar-refractivity contribution is 7.91. The van der Waals surface area contributed by atoms with Crippen molar-refractivity contribution in [2.45, 2.75) is 44.1 Å². The normalized spacial score (nSPS) is 16.9. The van der Waals surface area contributed by atoms with Crippen LogP contribution >= 0.6 is 0 Å². The highest BCUT2D eigenvalue weighted by Gasteiger charge is 2.25. The molecule has 0 N–H and O–H groups in total. The Labute approximate surface area is 163 Å². The van der Waals surface area contributed by atoms with Crippen molar-refractivity contribution in [3.05, 3.63) is 30.3 Å². The molecule has 1 saturated heterocycles. The minimum absolute atomic E-state index is 0.138. The Kier molecular flexibility index (Phi) is 7.28. The summed E-state index contributed by atoms with van der Waals surface area (Å²) in [5.41, 5.74) is -0.487. The number of rotatable bonds is 6. The van der Waals surface area contributed by atoms with Gasteiger partial charge in [0, 0.05) is 20.1 Å². The van der Waals surface area contributed by atoms with Gasteiger partial charge in [0.2, 0.25) is 0 Å². The standard InChI is InChI=1S/C20H32N2O4S/c1-20(2,3)26-19(23)21(4)16-17-10-12-22(13-11-17)14-15-27(24,25)18-8-6-5-7-9-18/h5-9,17H,10-16H2,1-4H3. The molecule has 1 fully saturated rings. The van der Waals surface area contributed by atoms with E-state index in [-0.39, 0.29) is 11.8 Å². The van der Waals surface area contributed by atoms with Crippen molar-refractivity contribution in [1.82, 2.24) is 9.80 Å². The summed E-state index contributed by atoms with van der Waals surface area (Å²) in [5, 5.41) is 0. The zero-order chi connectivity index (χ0) is 20.1. The number of hydrogen-bond acceptors (Lipinski definition) is 5. The average molecular weight is 397 g/mol. The van der Waals surface area contributed by atoms with Crippen molar-refractivity contribution < 1.29 is 17.9 Å². The van der Waals surface area contributed by atoms with Gasteiger partial charge in [-0.1, -0.05) is 18.2 Å². The third kappa shape index (κ3) is 7.14. The highest BCUT2D eigenvalue weighted by atomic mass is 32.2. The molecule has 2 rings (SSSR count). The molecule has 1 heterocycles. The van der Waals surface area contributed by atoms with Crippen LogP contribution in [0, 0.1) is 5.92 Å². The Morgan fingerprint density at radius 2 is 1.78 bits per heavy atom. The van der Waals surface area contributed by atoms with Crippen molar-refractivity contribution in [3.8, 4) is 0 Å². The van der Waals surface area contributed by atoms with E-state index in [0.29, 0.717) is 23.9 Å². The van der Waals surface area contributed by atoms with E-state index in [9.17, 15) is 13.2 Å². The van der Waals surface area contributed by atoms with Gasteiger partial charge < -0.3 is 14.5 Å². The van der Waals surface area contributed by atoms with Crippen molar-refractivity contribution in [1.29, 1.82) is 0 Å². The first-order chi connectivity index (χ1) is 12.6. The van der Waals surface area contributed by atoms with Gasteiger partial charge in [-0.15, -0.1) is 0 Å². The molecule has 152 valence electrons. The van der Waals surface area contributed by atoms with Gasteiger partial charge in [0.15, 0.2) is 9.84 Å². The van der Waals surface area contributed by atoms with Crippen LogP contribution in [0.15, 0.2) is 35.2 Å². The van der Waals surface area contributed by atoms with Crippen LogP contribution in [0.1, 0.15) is 33.6 Å². The molecular weight excluding hydrogens is 364 g/mol. The van der Waals surface area contributed by atoms with Crippen LogP contribution in [0.2, 0.25) is 0 Å². The number of nitrogens with zero attached hydrogens (tertiary/aromatic N) is 2. The van der Waals surface area contributed by atoms with Gasteiger partial charge in [0.05, 0.1) is 10.6 Å². The SMILES string of the molecule is CN(CC1CCN(CCS(=O)(=O)c2ccccc2)CC1)C(=O)OC(C)(C)C. The first kappa shape index (κ1) is 21.7. The smallest absolute Gasteiger partial charge is 0.410 e. The van der Waals surface area contributed by atoms with E-state index < -0.39 is 15.4 Å². The highest BCUT2D eigenvalue weighted by Crippen LogP contribution is 2.20. The van der Waals surface area contributed by atoms with Gasteiger partial charge in [0.1, 0.15) is 5.60 Å². The Balaban J connectivity index is 1.75. The third-order valence-corrected chi connectivity index (χ3v) is 6.43. The minimum Gasteiger partial charge on any atom is -0.444 e. The number of hydrogen-bond donors (Lipinski definition) is 0. The molecule has 0 saturated carbocycles. The fraction of sp³-hybridized carbons (Fsp3) is 0.650. The number of carbonyl (C=O) groups is 1. The molecule has 1 aromatic carbocycles. The summed E-state index contributed by atoms with van der Waals surface area (Å²) in [6, 6.07) is 8.61. The lowest BCUT2D eigenvalue weighted by Gasteiger charge is -2.34. The molecule has 0 atom stereocenters. The average Bonchev–Trinajstić information content (AvgIpc) is 2.60. The van der Waals surface area contributed by atoms with E-state index in [1.807, 2.05) is 26.8 Å². The van der Waals surface area contributed by atoms with E-state index >= 15 is 0 Å². The minimum atomic E-state index is -3.23. The summed E-state index contributed by atoms with van der Waals surface area (Å²) >= 11 is 0. The van der Waals surface area contributed by atoms with Crippen molar-refractivity contribution in [2.24, 2.45) is 5.92 Å². The quantitative estimate of drug-likeness (QED) is 0.739. The Morgan fingerprint density at radius 3 is 2.33 bits per heavy atom. The monoisotopic (exact) mass is 396 g/mol. The summed E-state index contributed by atoms with van der Waals surface area (Å²) < 4.78 is 30.2. The zero-order valence-corrected chi connectivity index (χ0v) is 17.7. The molecule has 6 nitrogen and oxygen atoms in total. The summed E-state index contributed by atoms with van der Waals surface area (Å²) in [5.74, 6) is 0.559. The maximum Gasteiger partial charge on any atom is 0.410 e. The molecule has 1 amide bonds. The van der Waals surface area contributed by atoms with Crippen LogP contribution in [-0.4, -0.2) is 68.9 Å². The second kappa shape index (κ2) is 9.06. The molecule has 0 aliphatic carbocycles. The number of piperidine rings is 1. The van der Waals surface area contributed by atoms with E-state index in [2.05, 4.69) is 4.90 Å². The van der Waals surface area contributed by atoms with E-state index in [1.165, 1.54) is 0 Å². The summed E-state index contributed by atoms with van der Waals surface area (Å²) in [4.78, 5) is 16.3. The molecule has 0 unspecified atom stereocenters. The van der Waals surface area contributed by atoms with Crippen LogP contribution in [-0.2, 0) is 14.6 Å². The molecule has 0 radical (unpaired) electrons. The van der Waals surface area contributed by atoms with E-state index in [4.69, 9.17) is 4.74 Å². The second-order valence-corrected chi connectivity index (χ2v) is 10.4. The molecule has 1 aromatic rings. The topological polar surface area (TPSA) is 66.9 Å². The zero-order valence-electron chi connectivity index (χ0n) is 16.8. The number of ether oxygens (including phenoxy) is 1. The van der Waals surface area contributed by atoms with Crippen LogP contribution < -0.4 is 0 Å². The summed E-state index contributed by atoms with van der Waals surface area (Å²) in [6.45, 7) is 8.52. The van der Waals surface area contributed by atoms with Crippen LogP contribution in [0.4, 0.5) is 4.79 Å². The fourth-order valence-electron chi connectivity index (χ4n) is 3.19. The lowest BCUT2D eigenvalue weighted by atomic mass is 9.96. The van der Waals surface area contributed by atoms with E-state index in [1.54, 1.807) is 36.2 Å². The lowest BCUT2D eigenvalue weighted by Crippen LogP contribution is -2.42. The Hall–Kier alpha value is -1.60. The lowest BCUT2D eigenvalue weighted by molar-refractivity contribution is 0.0251. The molecule has 27 heavy (non-hydrogen) atoms. The number of benzene rings is 1. The molecule has 0 aromatic heterocycles. The van der Waals surface area contributed by atoms with E-state index in [0.717, 1.165) is 25.9 Å². The molecule has 0 bridgehead atoms. The molecule has 7 heteroatoms. The van der Waals surface area contributed by atoms with Gasteiger partial charge in [0.25, 0.3) is 0 Å². The third-order valence-electron chi connectivity index (χ3n) is 4.72. The van der Waals surface area contributed by atoms with Crippen LogP contribution in [0.3, 0.4) is 0 Å². The maximum atomic E-state index is 12.4. The number of amides is 1. The summed E-state index contributed by atoms with van der Waals surface area (Å²) in [6.07, 6.45) is 1.62. The summed E-state index contributed by atoms with van der Waals surface area (Å²) in [7, 11) is -1.46. The Morgan fingerprint density at radius 1 is 1.19 bits per heavy atom. The largest absolute Gasteiger partial charge is 0.444 e. The van der Waals surface area contributed by atoms with Crippen LogP contribution in [0.25, 0.3) is 0 Å². The first-order valence-corrected chi connectivity index (χ1v) is 11.2. The van der Waals surface area contributed by atoms with Gasteiger partial charge in [-0.05, 0) is 64.8 Å². The molecule has 1 aliphatic rings.